The molecule has 4 saturated carbocycles. The van der Waals surface area contributed by atoms with Crippen molar-refractivity contribution >= 4 is 28.6 Å². The number of rotatable bonds is 4. The Kier molecular flexibility index (Phi) is 5.66. The summed E-state index contributed by atoms with van der Waals surface area (Å²) in [7, 11) is 0. The van der Waals surface area contributed by atoms with Crippen LogP contribution in [0.1, 0.15) is 78.6 Å². The summed E-state index contributed by atoms with van der Waals surface area (Å²) in [5.74, 6) is 4.83. The molecule has 4 aliphatic rings. The second kappa shape index (κ2) is 8.35. The normalized spacial score (nSPS) is 41.6. The van der Waals surface area contributed by atoms with Crippen LogP contribution in [-0.4, -0.2) is 27.0 Å². The Morgan fingerprint density at radius 3 is 2.59 bits per heavy atom. The van der Waals surface area contributed by atoms with Gasteiger partial charge in [-0.1, -0.05) is 27.2 Å². The third kappa shape index (κ3) is 3.50. The topological polar surface area (TPSA) is 47.8 Å². The Labute approximate surface area is 209 Å². The molecule has 0 spiro atoms. The van der Waals surface area contributed by atoms with E-state index in [2.05, 4.69) is 49.4 Å². The molecule has 4 fully saturated rings. The fraction of sp³-hybridized carbons (Fsp3) is 0.759. The Morgan fingerprint density at radius 2 is 1.76 bits per heavy atom. The van der Waals surface area contributed by atoms with Gasteiger partial charge in [0.05, 0.1) is 0 Å². The van der Waals surface area contributed by atoms with E-state index in [1.165, 1.54) is 56.3 Å². The van der Waals surface area contributed by atoms with Crippen molar-refractivity contribution in [2.24, 2.45) is 46.3 Å². The third-order valence-corrected chi connectivity index (χ3v) is 12.0. The molecule has 0 radical (unpaired) electrons. The minimum Gasteiger partial charge on any atom is -0.297 e. The van der Waals surface area contributed by atoms with Gasteiger partial charge in [-0.25, -0.2) is 0 Å². The average molecular weight is 480 g/mol. The molecule has 5 heteroatoms. The maximum atomic E-state index is 13.7. The summed E-state index contributed by atoms with van der Waals surface area (Å²) in [6, 6.07) is 6.18. The second-order valence-corrected chi connectivity index (χ2v) is 13.6. The van der Waals surface area contributed by atoms with Crippen LogP contribution in [0.2, 0.25) is 0 Å². The molecule has 1 aromatic heterocycles. The number of thioether (sulfide) groups is 1. The Morgan fingerprint density at radius 1 is 1.00 bits per heavy atom. The first kappa shape index (κ1) is 23.1. The van der Waals surface area contributed by atoms with E-state index in [0.717, 1.165) is 47.0 Å². The Balaban J connectivity index is 1.20. The zero-order valence-electron chi connectivity index (χ0n) is 21.4. The highest BCUT2D eigenvalue weighted by atomic mass is 32.2. The lowest BCUT2D eigenvalue weighted by atomic mass is 9.44. The number of carbonyl (C=O) groups excluding carboxylic acids is 1. The van der Waals surface area contributed by atoms with Crippen LogP contribution in [0.15, 0.2) is 23.1 Å². The van der Waals surface area contributed by atoms with Gasteiger partial charge in [-0.3, -0.25) is 4.79 Å². The van der Waals surface area contributed by atoms with Gasteiger partial charge in [0, 0.05) is 10.8 Å². The monoisotopic (exact) mass is 479 g/mol. The van der Waals surface area contributed by atoms with Crippen molar-refractivity contribution in [1.82, 2.24) is 15.0 Å². The molecule has 1 aromatic carbocycles. The van der Waals surface area contributed by atoms with Gasteiger partial charge in [-0.05, 0) is 116 Å². The molecule has 8 unspecified atom stereocenters. The highest BCUT2D eigenvalue weighted by Gasteiger charge is 2.60. The van der Waals surface area contributed by atoms with Gasteiger partial charge < -0.3 is 0 Å². The number of carbonyl (C=O) groups is 1. The standard InChI is InChI=1S/C29H41N3OS/c1-18-11-13-28(2)19(15-18)5-7-21-22-8-9-24(29(22,3)14-12-23(21)28)27(33)17-32-30-25-10-6-20(34-4)16-26(25)31-32/h6,10,16,18-19,21-24H,5,7-9,11-15,17H2,1-4H3. The van der Waals surface area contributed by atoms with E-state index in [-0.39, 0.29) is 11.3 Å². The summed E-state index contributed by atoms with van der Waals surface area (Å²) in [6.07, 6.45) is 14.1. The van der Waals surface area contributed by atoms with Crippen LogP contribution >= 0.6 is 11.8 Å². The Hall–Kier alpha value is -1.36. The third-order valence-electron chi connectivity index (χ3n) is 11.2. The van der Waals surface area contributed by atoms with Crippen molar-refractivity contribution < 1.29 is 4.79 Å². The first-order chi connectivity index (χ1) is 16.3. The molecule has 34 heavy (non-hydrogen) atoms. The van der Waals surface area contributed by atoms with Crippen LogP contribution in [0.3, 0.4) is 0 Å². The summed E-state index contributed by atoms with van der Waals surface area (Å²) >= 11 is 1.71. The van der Waals surface area contributed by atoms with Crippen LogP contribution in [0.4, 0.5) is 0 Å². The molecule has 8 atom stereocenters. The number of Topliss-reactive ketones (excluding diaryl/α,β-unsaturated/α-hetero) is 1. The van der Waals surface area contributed by atoms with Gasteiger partial charge in [0.15, 0.2) is 5.78 Å². The van der Waals surface area contributed by atoms with Gasteiger partial charge >= 0.3 is 0 Å². The van der Waals surface area contributed by atoms with Crippen molar-refractivity contribution in [3.8, 4) is 0 Å². The first-order valence-corrected chi connectivity index (χ1v) is 15.0. The van der Waals surface area contributed by atoms with Crippen LogP contribution in [0.5, 0.6) is 0 Å². The number of nitrogens with zero attached hydrogens (tertiary/aromatic N) is 3. The summed E-state index contributed by atoms with van der Waals surface area (Å²) in [5.41, 5.74) is 2.49. The Bertz CT molecular complexity index is 1100. The fourth-order valence-electron chi connectivity index (χ4n) is 9.39. The van der Waals surface area contributed by atoms with Crippen molar-refractivity contribution in [2.45, 2.75) is 90.0 Å². The number of fused-ring (bicyclic) bond motifs is 6. The molecule has 4 nitrogen and oxygen atoms in total. The predicted octanol–water partition coefficient (Wildman–Crippen LogP) is 7.02. The van der Waals surface area contributed by atoms with E-state index in [9.17, 15) is 4.79 Å². The summed E-state index contributed by atoms with van der Waals surface area (Å²) < 4.78 is 0. The summed E-state index contributed by atoms with van der Waals surface area (Å²) in [6.45, 7) is 7.91. The largest absolute Gasteiger partial charge is 0.297 e. The lowest BCUT2D eigenvalue weighted by Crippen LogP contribution is -2.53. The molecular weight excluding hydrogens is 438 g/mol. The van der Waals surface area contributed by atoms with E-state index in [0.29, 0.717) is 17.7 Å². The van der Waals surface area contributed by atoms with Crippen molar-refractivity contribution in [2.75, 3.05) is 6.26 Å². The molecule has 0 N–H and O–H groups in total. The van der Waals surface area contributed by atoms with Crippen molar-refractivity contribution in [3.05, 3.63) is 18.2 Å². The highest BCUT2D eigenvalue weighted by molar-refractivity contribution is 7.98. The van der Waals surface area contributed by atoms with E-state index >= 15 is 0 Å². The van der Waals surface area contributed by atoms with Gasteiger partial charge in [0.1, 0.15) is 17.6 Å². The minimum absolute atomic E-state index is 0.169. The van der Waals surface area contributed by atoms with E-state index < -0.39 is 0 Å². The SMILES string of the molecule is CSc1ccc2nn(CC(=O)C3CCC4C5CCC6CC(C)CCC6(C)C5CCC34C)nc2c1. The summed E-state index contributed by atoms with van der Waals surface area (Å²) in [5, 5.41) is 9.28. The molecule has 1 heterocycles. The number of benzene rings is 1. The predicted molar refractivity (Wildman–Crippen MR) is 139 cm³/mol. The molecule has 0 saturated heterocycles. The van der Waals surface area contributed by atoms with E-state index in [4.69, 9.17) is 0 Å². The highest BCUT2D eigenvalue weighted by Crippen LogP contribution is 2.67. The molecule has 0 amide bonds. The summed E-state index contributed by atoms with van der Waals surface area (Å²) in [4.78, 5) is 16.5. The smallest absolute Gasteiger partial charge is 0.159 e. The van der Waals surface area contributed by atoms with Crippen molar-refractivity contribution in [3.63, 3.8) is 0 Å². The molecule has 4 aliphatic carbocycles. The number of hydrogen-bond donors (Lipinski definition) is 0. The molecular formula is C29H41N3OS. The van der Waals surface area contributed by atoms with Crippen LogP contribution in [0, 0.1) is 46.3 Å². The minimum atomic E-state index is 0.169. The average Bonchev–Trinajstić information content (AvgIpc) is 3.38. The molecule has 0 aliphatic heterocycles. The lowest BCUT2D eigenvalue weighted by molar-refractivity contribution is -0.137. The number of aromatic nitrogens is 3. The molecule has 0 bridgehead atoms. The van der Waals surface area contributed by atoms with E-state index in [1.54, 1.807) is 16.6 Å². The molecule has 184 valence electrons. The molecule has 2 aromatic rings. The lowest BCUT2D eigenvalue weighted by Gasteiger charge is -2.61. The maximum absolute atomic E-state index is 13.7. The zero-order chi connectivity index (χ0) is 23.7. The number of ketones is 1. The maximum Gasteiger partial charge on any atom is 0.159 e. The van der Waals surface area contributed by atoms with Gasteiger partial charge in [-0.15, -0.1) is 11.8 Å². The zero-order valence-corrected chi connectivity index (χ0v) is 22.2. The van der Waals surface area contributed by atoms with Gasteiger partial charge in [-0.2, -0.15) is 15.0 Å². The second-order valence-electron chi connectivity index (χ2n) is 12.8. The van der Waals surface area contributed by atoms with Gasteiger partial charge in [0.2, 0.25) is 0 Å². The van der Waals surface area contributed by atoms with Gasteiger partial charge in [0.25, 0.3) is 0 Å². The first-order valence-electron chi connectivity index (χ1n) is 13.7. The fourth-order valence-corrected chi connectivity index (χ4v) is 9.82. The number of hydrogen-bond acceptors (Lipinski definition) is 4. The molecule has 6 rings (SSSR count). The van der Waals surface area contributed by atoms with Crippen LogP contribution in [0.25, 0.3) is 11.0 Å². The van der Waals surface area contributed by atoms with Crippen molar-refractivity contribution in [1.29, 1.82) is 0 Å². The van der Waals surface area contributed by atoms with Crippen LogP contribution < -0.4 is 0 Å². The van der Waals surface area contributed by atoms with E-state index in [1.807, 2.05) is 6.07 Å². The quantitative estimate of drug-likeness (QED) is 0.442. The van der Waals surface area contributed by atoms with Crippen LogP contribution in [-0.2, 0) is 11.3 Å².